The van der Waals surface area contributed by atoms with Gasteiger partial charge >= 0.3 is 5.97 Å². The molecule has 1 heterocycles. The van der Waals surface area contributed by atoms with Crippen LogP contribution >= 0.6 is 11.6 Å². The Morgan fingerprint density at radius 3 is 2.55 bits per heavy atom. The number of benzene rings is 1. The summed E-state index contributed by atoms with van der Waals surface area (Å²) in [4.78, 5) is 11.0. The molecule has 1 aromatic carbocycles. The van der Waals surface area contributed by atoms with Crippen molar-refractivity contribution in [1.29, 1.82) is 0 Å². The van der Waals surface area contributed by atoms with Gasteiger partial charge in [-0.05, 0) is 18.2 Å². The maximum Gasteiger partial charge on any atom is 0.356 e. The average Bonchev–Trinajstić information content (AvgIpc) is 2.80. The molecule has 2 aromatic rings. The molecule has 0 amide bonds. The van der Waals surface area contributed by atoms with Crippen LogP contribution in [0.25, 0.3) is 11.3 Å². The Morgan fingerprint density at radius 1 is 1.35 bits per heavy atom. The Labute approximate surface area is 120 Å². The number of hydrogen-bond acceptors (Lipinski definition) is 4. The zero-order valence-corrected chi connectivity index (χ0v) is 11.9. The summed E-state index contributed by atoms with van der Waals surface area (Å²) < 4.78 is 12.0. The van der Waals surface area contributed by atoms with Gasteiger partial charge in [-0.2, -0.15) is 5.10 Å². The Hall–Kier alpha value is -2.21. The van der Waals surface area contributed by atoms with Gasteiger partial charge in [0.2, 0.25) is 0 Å². The molecule has 0 bridgehead atoms. The van der Waals surface area contributed by atoms with Crippen molar-refractivity contribution in [2.24, 2.45) is 7.05 Å². The molecular weight excluding hydrogens is 284 g/mol. The number of aromatic nitrogens is 2. The van der Waals surface area contributed by atoms with Gasteiger partial charge in [0.15, 0.2) is 11.4 Å². The Morgan fingerprint density at radius 2 is 2.05 bits per heavy atom. The number of carbonyl (C=O) groups is 1. The Bertz CT molecular complexity index is 667. The monoisotopic (exact) mass is 296 g/mol. The predicted octanol–water partition coefficient (Wildman–Crippen LogP) is 2.46. The number of ether oxygens (including phenoxy) is 2. The first-order valence-corrected chi connectivity index (χ1v) is 6.05. The third-order valence-electron chi connectivity index (χ3n) is 2.85. The van der Waals surface area contributed by atoms with Gasteiger partial charge in [0.25, 0.3) is 0 Å². The lowest BCUT2D eigenvalue weighted by molar-refractivity contribution is 0.0689. The van der Waals surface area contributed by atoms with Gasteiger partial charge < -0.3 is 14.6 Å². The molecular formula is C13H13ClN2O4. The first kappa shape index (κ1) is 14.2. The number of carboxylic acid groups (broad SMARTS) is 1. The van der Waals surface area contributed by atoms with Crippen molar-refractivity contribution in [3.63, 3.8) is 0 Å². The minimum absolute atomic E-state index is 0.0634. The Kier molecular flexibility index (Phi) is 3.85. The summed E-state index contributed by atoms with van der Waals surface area (Å²) in [5.41, 5.74) is 1.04. The van der Waals surface area contributed by atoms with Gasteiger partial charge in [-0.25, -0.2) is 4.79 Å². The summed E-state index contributed by atoms with van der Waals surface area (Å²) >= 11 is 6.10. The minimum Gasteiger partial charge on any atom is -0.496 e. The zero-order valence-electron chi connectivity index (χ0n) is 11.2. The standard InChI is InChI=1S/C13H13ClN2O4/c1-16-9(6-8(15-16)13(17)18)11-10(19-2)5-4-7(14)12(11)20-3/h4-6H,1-3H3,(H,17,18). The maximum atomic E-state index is 11.0. The normalized spacial score (nSPS) is 10.4. The van der Waals surface area contributed by atoms with E-state index in [4.69, 9.17) is 26.2 Å². The van der Waals surface area contributed by atoms with E-state index in [2.05, 4.69) is 5.10 Å². The fourth-order valence-electron chi connectivity index (χ4n) is 1.96. The van der Waals surface area contributed by atoms with Crippen LogP contribution in [0.4, 0.5) is 0 Å². The van der Waals surface area contributed by atoms with Gasteiger partial charge in [0.1, 0.15) is 5.75 Å². The molecule has 106 valence electrons. The third-order valence-corrected chi connectivity index (χ3v) is 3.15. The van der Waals surface area contributed by atoms with Crippen molar-refractivity contribution in [3.05, 3.63) is 28.9 Å². The molecule has 0 saturated carbocycles. The number of methoxy groups -OCH3 is 2. The lowest BCUT2D eigenvalue weighted by atomic mass is 10.1. The highest BCUT2D eigenvalue weighted by Gasteiger charge is 2.21. The fraction of sp³-hybridized carbons (Fsp3) is 0.231. The highest BCUT2D eigenvalue weighted by molar-refractivity contribution is 6.32. The summed E-state index contributed by atoms with van der Waals surface area (Å²) in [5.74, 6) is -0.177. The van der Waals surface area contributed by atoms with E-state index in [0.717, 1.165) is 0 Å². The molecule has 2 rings (SSSR count). The molecule has 0 aliphatic carbocycles. The van der Waals surface area contributed by atoms with E-state index in [0.29, 0.717) is 27.8 Å². The van der Waals surface area contributed by atoms with E-state index in [-0.39, 0.29) is 5.69 Å². The molecule has 1 N–H and O–H groups in total. The molecule has 7 heteroatoms. The van der Waals surface area contributed by atoms with Gasteiger partial charge in [0.05, 0.1) is 30.5 Å². The van der Waals surface area contributed by atoms with Crippen LogP contribution in [0, 0.1) is 0 Å². The van der Waals surface area contributed by atoms with Crippen LogP contribution in [-0.4, -0.2) is 35.1 Å². The van der Waals surface area contributed by atoms with Crippen molar-refractivity contribution in [1.82, 2.24) is 9.78 Å². The smallest absolute Gasteiger partial charge is 0.356 e. The molecule has 0 atom stereocenters. The highest BCUT2D eigenvalue weighted by Crippen LogP contribution is 2.42. The maximum absolute atomic E-state index is 11.0. The van der Waals surface area contributed by atoms with Gasteiger partial charge in [0, 0.05) is 7.05 Å². The quantitative estimate of drug-likeness (QED) is 0.938. The topological polar surface area (TPSA) is 73.6 Å². The number of halogens is 1. The summed E-state index contributed by atoms with van der Waals surface area (Å²) in [7, 11) is 4.64. The number of carboxylic acids is 1. The summed E-state index contributed by atoms with van der Waals surface area (Å²) in [5, 5.41) is 13.3. The number of aromatic carboxylic acids is 1. The van der Waals surface area contributed by atoms with Crippen molar-refractivity contribution in [2.75, 3.05) is 14.2 Å². The average molecular weight is 297 g/mol. The molecule has 0 saturated heterocycles. The molecule has 20 heavy (non-hydrogen) atoms. The Balaban J connectivity index is 2.73. The lowest BCUT2D eigenvalue weighted by Gasteiger charge is -2.14. The second-order valence-corrected chi connectivity index (χ2v) is 4.41. The van der Waals surface area contributed by atoms with Crippen LogP contribution in [0.3, 0.4) is 0 Å². The lowest BCUT2D eigenvalue weighted by Crippen LogP contribution is -2.00. The third kappa shape index (κ3) is 2.30. The molecule has 0 fully saturated rings. The predicted molar refractivity (Wildman–Crippen MR) is 73.7 cm³/mol. The summed E-state index contributed by atoms with van der Waals surface area (Å²) in [6, 6.07) is 4.78. The van der Waals surface area contributed by atoms with Crippen molar-refractivity contribution >= 4 is 17.6 Å². The van der Waals surface area contributed by atoms with Crippen LogP contribution in [0.15, 0.2) is 18.2 Å². The number of nitrogens with zero attached hydrogens (tertiary/aromatic N) is 2. The van der Waals surface area contributed by atoms with Crippen molar-refractivity contribution in [2.45, 2.75) is 0 Å². The van der Waals surface area contributed by atoms with Crippen LogP contribution in [0.5, 0.6) is 11.5 Å². The summed E-state index contributed by atoms with van der Waals surface area (Å²) in [6.07, 6.45) is 0. The first-order chi connectivity index (χ1) is 9.49. The van der Waals surface area contributed by atoms with E-state index < -0.39 is 5.97 Å². The SMILES string of the molecule is COc1ccc(Cl)c(OC)c1-c1cc(C(=O)O)nn1C. The molecule has 0 unspecified atom stereocenters. The molecule has 1 aromatic heterocycles. The number of rotatable bonds is 4. The van der Waals surface area contributed by atoms with Crippen LogP contribution in [-0.2, 0) is 7.05 Å². The van der Waals surface area contributed by atoms with Crippen LogP contribution < -0.4 is 9.47 Å². The number of hydrogen-bond donors (Lipinski definition) is 1. The van der Waals surface area contributed by atoms with Crippen molar-refractivity contribution in [3.8, 4) is 22.8 Å². The molecule has 0 aliphatic rings. The van der Waals surface area contributed by atoms with E-state index in [1.165, 1.54) is 25.0 Å². The highest BCUT2D eigenvalue weighted by atomic mass is 35.5. The van der Waals surface area contributed by atoms with Gasteiger partial charge in [-0.3, -0.25) is 4.68 Å². The molecule has 0 aliphatic heterocycles. The van der Waals surface area contributed by atoms with Crippen LogP contribution in [0.1, 0.15) is 10.5 Å². The molecule has 0 radical (unpaired) electrons. The van der Waals surface area contributed by atoms with Gasteiger partial charge in [-0.15, -0.1) is 0 Å². The van der Waals surface area contributed by atoms with Crippen molar-refractivity contribution < 1.29 is 19.4 Å². The van der Waals surface area contributed by atoms with E-state index in [1.807, 2.05) is 0 Å². The zero-order chi connectivity index (χ0) is 14.9. The van der Waals surface area contributed by atoms with Gasteiger partial charge in [-0.1, -0.05) is 11.6 Å². The van der Waals surface area contributed by atoms with Crippen LogP contribution in [0.2, 0.25) is 5.02 Å². The van der Waals surface area contributed by atoms with E-state index in [9.17, 15) is 4.79 Å². The second-order valence-electron chi connectivity index (χ2n) is 4.00. The second kappa shape index (κ2) is 5.42. The first-order valence-electron chi connectivity index (χ1n) is 5.67. The number of aryl methyl sites for hydroxylation is 1. The molecule has 6 nitrogen and oxygen atoms in total. The minimum atomic E-state index is -1.10. The largest absolute Gasteiger partial charge is 0.496 e. The van der Waals surface area contributed by atoms with E-state index in [1.54, 1.807) is 19.2 Å². The molecule has 0 spiro atoms. The summed E-state index contributed by atoms with van der Waals surface area (Å²) in [6.45, 7) is 0. The fourth-order valence-corrected chi connectivity index (χ4v) is 2.19. The van der Waals surface area contributed by atoms with E-state index >= 15 is 0 Å².